The van der Waals surface area contributed by atoms with Gasteiger partial charge < -0.3 is 25.5 Å². The number of nitrogens with one attached hydrogen (secondary N) is 1. The van der Waals surface area contributed by atoms with E-state index in [1.54, 1.807) is 37.5 Å². The molecule has 19 nitrogen and oxygen atoms in total. The van der Waals surface area contributed by atoms with E-state index in [0.29, 0.717) is 18.5 Å². The number of aryl methyl sites for hydroxylation is 8. The summed E-state index contributed by atoms with van der Waals surface area (Å²) in [6.07, 6.45) is 15.2. The number of carboxylic acids is 5. The van der Waals surface area contributed by atoms with Crippen molar-refractivity contribution in [2.75, 3.05) is 0 Å². The predicted molar refractivity (Wildman–Crippen MR) is 381 cm³/mol. The molecule has 13 rings (SSSR count). The van der Waals surface area contributed by atoms with Crippen molar-refractivity contribution in [2.45, 2.75) is 87.0 Å². The number of carbonyl (C=O) groups is 6. The van der Waals surface area contributed by atoms with E-state index in [1.165, 1.54) is 38.4 Å². The number of aromatic nitrogens is 6. The van der Waals surface area contributed by atoms with Crippen molar-refractivity contribution in [3.05, 3.63) is 288 Å². The van der Waals surface area contributed by atoms with Gasteiger partial charge in [-0.3, -0.25) is 19.6 Å². The maximum Gasteiger partial charge on any atom is 0.370 e. The predicted octanol–water partition coefficient (Wildman–Crippen LogP) is 11.8. The van der Waals surface area contributed by atoms with Crippen LogP contribution in [0.3, 0.4) is 0 Å². The van der Waals surface area contributed by atoms with Crippen LogP contribution in [0, 0.1) is 41.5 Å². The van der Waals surface area contributed by atoms with Gasteiger partial charge in [0.2, 0.25) is 51.9 Å². The van der Waals surface area contributed by atoms with Gasteiger partial charge in [0.1, 0.15) is 13.0 Å². The van der Waals surface area contributed by atoms with Crippen LogP contribution >= 0.6 is 0 Å². The third-order valence-electron chi connectivity index (χ3n) is 16.6. The van der Waals surface area contributed by atoms with Crippen molar-refractivity contribution in [3.63, 3.8) is 0 Å². The van der Waals surface area contributed by atoms with Crippen molar-refractivity contribution in [3.8, 4) is 5.69 Å². The second-order valence-corrected chi connectivity index (χ2v) is 23.6. The molecule has 0 atom stereocenters. The van der Waals surface area contributed by atoms with Crippen LogP contribution in [-0.2, 0) is 246 Å². The minimum Gasteiger partial charge on any atom is -0.481 e. The summed E-state index contributed by atoms with van der Waals surface area (Å²) in [4.78, 5) is 64.2. The molecule has 1 amide bonds. The third kappa shape index (κ3) is 27.9. The molecule has 6 heterocycles. The molecular formula is C81H81N7O12Y6+6. The van der Waals surface area contributed by atoms with E-state index in [-0.39, 0.29) is 222 Å². The fourth-order valence-corrected chi connectivity index (χ4v) is 11.4. The number of nitrogens with zero attached hydrogens (tertiary/aromatic N) is 6. The number of benzene rings is 7. The van der Waals surface area contributed by atoms with Crippen LogP contribution in [0.15, 0.2) is 250 Å². The standard InChI is InChI=1S/C17H13NO2.C14H15NO2.C13H13NO2.C13H11NO2.C12H12N2O2.C12H11NO2.6Y/c1-12-10-11-18(16-5-3-2-4-15(12)16)14-8-6-13(7-9-14)17(19)20;1-11-8-10-15(9-4-7-14(16)17)13-6-3-2-5-12(11)13;2*1-10-6-8-14(9-7-13(15)16)12-5-3-2-4-11(10)12;1-9-6-7-14(8-12(15)13-16)11-5-3-2-4-10(9)11;1-9-6-7-13(8-12(14)15)11-5-3-2-4-10(9)11;;;;;;/h2-11H,1H3;2-3,5-6,8,10H,4,7,9H2,1H3;2-6,8H,7,9H2,1H3;2-9H,1H3;2-7H,8H2,1H3,(H-,13,15,16);2-7H,8H2,1H3;;;;;;/p+6/b;;;9-7+;;;;;;;;. The Bertz CT molecular complexity index is 5190. The van der Waals surface area contributed by atoms with Crippen molar-refractivity contribution < 1.29 is 283 Å². The quantitative estimate of drug-likeness (QED) is 0.0219. The zero-order valence-corrected chi connectivity index (χ0v) is 77.0. The topological polar surface area (TPSA) is 259 Å². The number of amides is 1. The number of aromatic carboxylic acids is 1. The van der Waals surface area contributed by atoms with E-state index < -0.39 is 35.8 Å². The SMILES string of the molecule is Cc1cc[n+](-c2ccc(C(=O)O)cc2)c2ccccc12.Cc1cc[n+](/C=C/C(=O)O)c2ccccc12.Cc1cc[n+](CC(=O)NO)c2ccccc12.Cc1cc[n+](CC(=O)O)c2ccccc12.Cc1cc[n+](CCC(=O)O)c2ccccc12.Cc1cc[n+](CCCC(=O)O)c2ccccc12.[Y].[Y].[Y].[Y].[Y].[Y]. The molecule has 7 aromatic carbocycles. The second kappa shape index (κ2) is 48.6. The number of carbonyl (C=O) groups excluding carboxylic acids is 1. The van der Waals surface area contributed by atoms with Crippen LogP contribution < -0.4 is 32.9 Å². The molecule has 0 aliphatic heterocycles. The second-order valence-electron chi connectivity index (χ2n) is 23.6. The molecule has 0 saturated heterocycles. The van der Waals surface area contributed by atoms with E-state index in [1.807, 2.05) is 214 Å². The van der Waals surface area contributed by atoms with Crippen LogP contribution in [0.2, 0.25) is 0 Å². The Morgan fingerprint density at radius 3 is 1.07 bits per heavy atom. The van der Waals surface area contributed by atoms with Gasteiger partial charge in [-0.1, -0.05) is 72.8 Å². The summed E-state index contributed by atoms with van der Waals surface area (Å²) in [6, 6.07) is 66.9. The fraction of sp³-hybridized carbons (Fsp3) is 0.160. The zero-order chi connectivity index (χ0) is 71.8. The minimum atomic E-state index is -0.947. The van der Waals surface area contributed by atoms with Gasteiger partial charge in [0.05, 0.1) is 18.1 Å². The molecule has 7 N–H and O–H groups in total. The average Bonchev–Trinajstić information content (AvgIpc) is 0.814. The van der Waals surface area contributed by atoms with Crippen LogP contribution in [-0.4, -0.2) is 66.5 Å². The molecule has 0 saturated carbocycles. The Labute approximate surface area is 766 Å². The van der Waals surface area contributed by atoms with Gasteiger partial charge in [0, 0.05) is 320 Å². The van der Waals surface area contributed by atoms with E-state index in [4.69, 9.17) is 30.7 Å². The van der Waals surface area contributed by atoms with Crippen molar-refractivity contribution in [1.82, 2.24) is 5.48 Å². The summed E-state index contributed by atoms with van der Waals surface area (Å²) >= 11 is 0. The number of hydrogen-bond donors (Lipinski definition) is 7. The van der Waals surface area contributed by atoms with Gasteiger partial charge in [0.15, 0.2) is 49.9 Å². The third-order valence-corrected chi connectivity index (χ3v) is 16.6. The first-order valence-corrected chi connectivity index (χ1v) is 32.3. The Morgan fingerprint density at radius 2 is 0.679 bits per heavy atom. The van der Waals surface area contributed by atoms with E-state index in [0.717, 1.165) is 78.7 Å². The Hall–Kier alpha value is -5.86. The monoisotopic (exact) mass is 1880 g/mol. The first-order chi connectivity index (χ1) is 48.1. The van der Waals surface area contributed by atoms with Crippen molar-refractivity contribution >= 4 is 107 Å². The van der Waals surface area contributed by atoms with Crippen LogP contribution in [0.4, 0.5) is 0 Å². The Kier molecular flexibility index (Phi) is 44.1. The smallest absolute Gasteiger partial charge is 0.370 e. The molecule has 0 aliphatic rings. The van der Waals surface area contributed by atoms with Gasteiger partial charge in [-0.05, 0) is 123 Å². The number of hydroxylamine groups is 1. The number of hydrogen-bond acceptors (Lipinski definition) is 7. The number of fused-ring (bicyclic) bond motifs is 6. The maximum absolute atomic E-state index is 11.1. The summed E-state index contributed by atoms with van der Waals surface area (Å²) in [5.41, 5.74) is 16.4. The number of pyridine rings is 6. The average molecular weight is 1880 g/mol. The zero-order valence-electron chi connectivity index (χ0n) is 60.0. The van der Waals surface area contributed by atoms with E-state index in [2.05, 4.69) is 72.4 Å². The van der Waals surface area contributed by atoms with E-state index in [9.17, 15) is 28.8 Å². The number of aliphatic carboxylic acids is 4. The van der Waals surface area contributed by atoms with Gasteiger partial charge in [-0.2, -0.15) is 27.4 Å². The van der Waals surface area contributed by atoms with Gasteiger partial charge in [0.25, 0.3) is 0 Å². The van der Waals surface area contributed by atoms with Crippen molar-refractivity contribution in [1.29, 1.82) is 0 Å². The summed E-state index contributed by atoms with van der Waals surface area (Å²) < 4.78 is 11.5. The molecule has 25 heteroatoms. The summed E-state index contributed by atoms with van der Waals surface area (Å²) in [6.45, 7) is 13.7. The molecule has 6 radical (unpaired) electrons. The number of carboxylic acid groups (broad SMARTS) is 5. The molecule has 0 fully saturated rings. The maximum atomic E-state index is 11.1. The normalized spacial score (nSPS) is 10.0. The Balaban J connectivity index is 0.000000428. The minimum absolute atomic E-state index is 0. The first kappa shape index (κ1) is 96.2. The summed E-state index contributed by atoms with van der Waals surface area (Å²) in [5, 5.41) is 59.1. The molecule has 6 aromatic heterocycles. The van der Waals surface area contributed by atoms with E-state index >= 15 is 0 Å². The van der Waals surface area contributed by atoms with Gasteiger partial charge in [-0.15, -0.1) is 0 Å². The molecule has 0 bridgehead atoms. The van der Waals surface area contributed by atoms with Crippen LogP contribution in [0.25, 0.3) is 77.3 Å². The molecule has 524 valence electrons. The number of para-hydroxylation sites is 6. The van der Waals surface area contributed by atoms with Gasteiger partial charge >= 0.3 is 35.8 Å². The fourth-order valence-electron chi connectivity index (χ4n) is 11.4. The first-order valence-electron chi connectivity index (χ1n) is 32.3. The molecule has 0 unspecified atom stereocenters. The molecule has 13 aromatic rings. The molecule has 0 aliphatic carbocycles. The summed E-state index contributed by atoms with van der Waals surface area (Å²) in [5.74, 6) is -4.61. The van der Waals surface area contributed by atoms with Crippen LogP contribution in [0.5, 0.6) is 0 Å². The van der Waals surface area contributed by atoms with Gasteiger partial charge in [-0.25, -0.2) is 19.9 Å². The molecule has 106 heavy (non-hydrogen) atoms. The Morgan fingerprint density at radius 1 is 0.349 bits per heavy atom. The molecule has 0 spiro atoms. The molecular weight excluding hydrogens is 1800 g/mol. The number of rotatable bonds is 15. The summed E-state index contributed by atoms with van der Waals surface area (Å²) in [7, 11) is 0. The van der Waals surface area contributed by atoms with Crippen molar-refractivity contribution in [2.24, 2.45) is 0 Å². The van der Waals surface area contributed by atoms with Crippen LogP contribution in [0.1, 0.15) is 63.0 Å². The largest absolute Gasteiger partial charge is 0.481 e.